The van der Waals surface area contributed by atoms with Gasteiger partial charge < -0.3 is 14.6 Å². The average molecular weight is 489 g/mol. The maximum atomic E-state index is 13.7. The summed E-state index contributed by atoms with van der Waals surface area (Å²) in [5.41, 5.74) is 2.59. The molecule has 0 spiro atoms. The van der Waals surface area contributed by atoms with Gasteiger partial charge in [-0.3, -0.25) is 19.1 Å². The van der Waals surface area contributed by atoms with Crippen molar-refractivity contribution in [2.24, 2.45) is 0 Å². The third-order valence-corrected chi connectivity index (χ3v) is 6.26. The molecule has 36 heavy (non-hydrogen) atoms. The van der Waals surface area contributed by atoms with Gasteiger partial charge in [-0.05, 0) is 23.3 Å². The number of ketones is 1. The first-order valence-corrected chi connectivity index (χ1v) is 11.8. The van der Waals surface area contributed by atoms with Gasteiger partial charge in [-0.2, -0.15) is 0 Å². The molecule has 0 saturated carbocycles. The zero-order valence-corrected chi connectivity index (χ0v) is 19.7. The SMILES string of the molecule is CCC(=O)c1c(OCc2ccccc2)c2ncc(Cc3ccc(F)cc3)c3c2n(c1=O)C[C@@H](CO)O3. The van der Waals surface area contributed by atoms with Crippen molar-refractivity contribution < 1.29 is 23.8 Å². The number of hydrogen-bond donors (Lipinski definition) is 1. The van der Waals surface area contributed by atoms with Gasteiger partial charge in [0.2, 0.25) is 0 Å². The van der Waals surface area contributed by atoms with Crippen LogP contribution in [0.5, 0.6) is 11.5 Å². The van der Waals surface area contributed by atoms with E-state index < -0.39 is 11.7 Å². The standard InChI is InChI=1S/C28H25FN2O5/c1-2-22(33)23-27(35-16-18-6-4-3-5-7-18)24-25-26(36-21(15-32)14-31(25)28(23)34)19(13-30-24)12-17-8-10-20(29)11-9-17/h3-11,13,21,32H,2,12,14-16H2,1H3/t21-/m0/s1. The van der Waals surface area contributed by atoms with Gasteiger partial charge in [0, 0.05) is 24.6 Å². The molecule has 0 fully saturated rings. The molecule has 1 aliphatic heterocycles. The van der Waals surface area contributed by atoms with Crippen LogP contribution in [0.15, 0.2) is 65.6 Å². The van der Waals surface area contributed by atoms with Gasteiger partial charge in [-0.15, -0.1) is 0 Å². The quantitative estimate of drug-likeness (QED) is 0.377. The molecule has 2 aromatic heterocycles. The van der Waals surface area contributed by atoms with Gasteiger partial charge >= 0.3 is 0 Å². The second-order valence-electron chi connectivity index (χ2n) is 8.71. The molecule has 0 bridgehead atoms. The molecule has 5 rings (SSSR count). The topological polar surface area (TPSA) is 90.7 Å². The van der Waals surface area contributed by atoms with Crippen molar-refractivity contribution in [1.82, 2.24) is 9.55 Å². The Labute approximate surface area is 206 Å². The number of ether oxygens (including phenoxy) is 2. The predicted molar refractivity (Wildman–Crippen MR) is 132 cm³/mol. The molecule has 0 aliphatic carbocycles. The molecule has 1 N–H and O–H groups in total. The van der Waals surface area contributed by atoms with E-state index in [-0.39, 0.29) is 49.1 Å². The minimum atomic E-state index is -0.673. The Hall–Kier alpha value is -4.04. The van der Waals surface area contributed by atoms with E-state index in [1.54, 1.807) is 25.3 Å². The van der Waals surface area contributed by atoms with E-state index in [4.69, 9.17) is 9.47 Å². The Balaban J connectivity index is 1.71. The fraction of sp³-hybridized carbons (Fsp3) is 0.250. The zero-order valence-electron chi connectivity index (χ0n) is 19.7. The van der Waals surface area contributed by atoms with Crippen LogP contribution in [0.25, 0.3) is 11.0 Å². The molecule has 1 atom stereocenters. The van der Waals surface area contributed by atoms with Crippen molar-refractivity contribution in [1.29, 1.82) is 0 Å². The lowest BCUT2D eigenvalue weighted by Gasteiger charge is -2.29. The number of rotatable bonds is 8. The lowest BCUT2D eigenvalue weighted by atomic mass is 10.0. The molecular weight excluding hydrogens is 463 g/mol. The van der Waals surface area contributed by atoms with E-state index in [9.17, 15) is 19.1 Å². The Morgan fingerprint density at radius 1 is 1.17 bits per heavy atom. The molecule has 184 valence electrons. The Morgan fingerprint density at radius 2 is 1.92 bits per heavy atom. The number of aliphatic hydroxyl groups is 1. The van der Waals surface area contributed by atoms with Crippen molar-refractivity contribution in [3.63, 3.8) is 0 Å². The van der Waals surface area contributed by atoms with Gasteiger partial charge in [-0.1, -0.05) is 49.4 Å². The molecule has 8 heteroatoms. The molecule has 2 aromatic carbocycles. The van der Waals surface area contributed by atoms with Crippen LogP contribution in [0, 0.1) is 5.82 Å². The first-order valence-electron chi connectivity index (χ1n) is 11.8. The van der Waals surface area contributed by atoms with Gasteiger partial charge in [0.25, 0.3) is 5.56 Å². The number of Topliss-reactive ketones (excluding diaryl/α,β-unsaturated/α-hetero) is 1. The monoisotopic (exact) mass is 488 g/mol. The fourth-order valence-corrected chi connectivity index (χ4v) is 4.44. The van der Waals surface area contributed by atoms with E-state index in [0.717, 1.165) is 11.1 Å². The highest BCUT2D eigenvalue weighted by Crippen LogP contribution is 2.38. The van der Waals surface area contributed by atoms with Crippen LogP contribution < -0.4 is 15.0 Å². The van der Waals surface area contributed by atoms with E-state index in [2.05, 4.69) is 4.98 Å². The van der Waals surface area contributed by atoms with Crippen LogP contribution >= 0.6 is 0 Å². The van der Waals surface area contributed by atoms with E-state index in [1.807, 2.05) is 30.3 Å². The van der Waals surface area contributed by atoms with Crippen LogP contribution in [0.4, 0.5) is 4.39 Å². The largest absolute Gasteiger partial charge is 0.486 e. The van der Waals surface area contributed by atoms with Crippen LogP contribution in [0.2, 0.25) is 0 Å². The molecule has 7 nitrogen and oxygen atoms in total. The second kappa shape index (κ2) is 9.91. The van der Waals surface area contributed by atoms with Gasteiger partial charge in [0.15, 0.2) is 17.3 Å². The number of nitrogens with zero attached hydrogens (tertiary/aromatic N) is 2. The number of aliphatic hydroxyl groups excluding tert-OH is 1. The first-order chi connectivity index (χ1) is 17.5. The first kappa shape index (κ1) is 23.7. The Kier molecular flexibility index (Phi) is 6.52. The molecule has 4 aromatic rings. The molecule has 0 radical (unpaired) electrons. The normalized spacial score (nSPS) is 14.5. The fourth-order valence-electron chi connectivity index (χ4n) is 4.44. The number of hydrogen-bond acceptors (Lipinski definition) is 6. The second-order valence-corrected chi connectivity index (χ2v) is 8.71. The lowest BCUT2D eigenvalue weighted by molar-refractivity contribution is 0.0921. The van der Waals surface area contributed by atoms with Gasteiger partial charge in [0.1, 0.15) is 35.1 Å². The van der Waals surface area contributed by atoms with Crippen molar-refractivity contribution in [3.05, 3.63) is 99.2 Å². The minimum Gasteiger partial charge on any atom is -0.486 e. The summed E-state index contributed by atoms with van der Waals surface area (Å²) < 4.78 is 27.1. The summed E-state index contributed by atoms with van der Waals surface area (Å²) in [5, 5.41) is 9.87. The van der Waals surface area contributed by atoms with Crippen molar-refractivity contribution in [3.8, 4) is 11.5 Å². The van der Waals surface area contributed by atoms with E-state index in [0.29, 0.717) is 28.8 Å². The molecule has 0 saturated heterocycles. The summed E-state index contributed by atoms with van der Waals surface area (Å²) in [4.78, 5) is 31.2. The summed E-state index contributed by atoms with van der Waals surface area (Å²) >= 11 is 0. The number of benzene rings is 2. The highest BCUT2D eigenvalue weighted by Gasteiger charge is 2.31. The molecule has 0 unspecified atom stereocenters. The lowest BCUT2D eigenvalue weighted by Crippen LogP contribution is -2.39. The van der Waals surface area contributed by atoms with Gasteiger partial charge in [-0.25, -0.2) is 4.39 Å². The number of carbonyl (C=O) groups excluding carboxylic acids is 1. The highest BCUT2D eigenvalue weighted by molar-refractivity contribution is 6.03. The van der Waals surface area contributed by atoms with E-state index in [1.165, 1.54) is 16.7 Å². The smallest absolute Gasteiger partial charge is 0.266 e. The predicted octanol–water partition coefficient (Wildman–Crippen LogP) is 4.05. The van der Waals surface area contributed by atoms with Crippen LogP contribution in [-0.2, 0) is 19.6 Å². The summed E-state index contributed by atoms with van der Waals surface area (Å²) in [6, 6.07) is 15.5. The van der Waals surface area contributed by atoms with Crippen molar-refractivity contribution >= 4 is 16.8 Å². The molecule has 1 aliphatic rings. The Bertz CT molecular complexity index is 1480. The summed E-state index contributed by atoms with van der Waals surface area (Å²) in [5.74, 6) is -0.163. The zero-order chi connectivity index (χ0) is 25.2. The van der Waals surface area contributed by atoms with E-state index >= 15 is 0 Å². The number of halogens is 1. The molecule has 0 amide bonds. The van der Waals surface area contributed by atoms with Crippen LogP contribution in [0.3, 0.4) is 0 Å². The minimum absolute atomic E-state index is 0.0516. The maximum Gasteiger partial charge on any atom is 0.266 e. The highest BCUT2D eigenvalue weighted by atomic mass is 19.1. The molecular formula is C28H25FN2O5. The van der Waals surface area contributed by atoms with Crippen molar-refractivity contribution in [2.75, 3.05) is 6.61 Å². The van der Waals surface area contributed by atoms with Gasteiger partial charge in [0.05, 0.1) is 13.2 Å². The Morgan fingerprint density at radius 3 is 2.61 bits per heavy atom. The number of aromatic nitrogens is 2. The number of carbonyl (C=O) groups is 1. The third-order valence-electron chi connectivity index (χ3n) is 6.26. The average Bonchev–Trinajstić information content (AvgIpc) is 2.91. The van der Waals surface area contributed by atoms with Crippen molar-refractivity contribution in [2.45, 2.75) is 39.0 Å². The summed E-state index contributed by atoms with van der Waals surface area (Å²) in [6.07, 6.45) is 1.44. The van der Waals surface area contributed by atoms with Crippen LogP contribution in [0.1, 0.15) is 40.4 Å². The maximum absolute atomic E-state index is 13.7. The third kappa shape index (κ3) is 4.35. The van der Waals surface area contributed by atoms with Crippen LogP contribution in [-0.4, -0.2) is 33.2 Å². The summed E-state index contributed by atoms with van der Waals surface area (Å²) in [7, 11) is 0. The molecule has 3 heterocycles. The number of pyridine rings is 2. The summed E-state index contributed by atoms with van der Waals surface area (Å²) in [6.45, 7) is 1.60.